The summed E-state index contributed by atoms with van der Waals surface area (Å²) in [5.41, 5.74) is 0. The van der Waals surface area contributed by atoms with Gasteiger partial charge in [0.05, 0.1) is 0 Å². The number of nitriles is 1. The molecule has 0 heterocycles. The largest absolute Gasteiger partial charge is 0.696 e. The molecule has 0 aliphatic heterocycles. The summed E-state index contributed by atoms with van der Waals surface area (Å²) in [6, 6.07) is 0. The van der Waals surface area contributed by atoms with Crippen LogP contribution >= 0.6 is 0 Å². The number of hydrogen-bond acceptors (Lipinski definition) is 2. The van der Waals surface area contributed by atoms with Gasteiger partial charge in [-0.3, -0.25) is 0 Å². The Morgan fingerprint density at radius 2 is 1.17 bits per heavy atom. The molecule has 0 radical (unpaired) electrons. The Hall–Kier alpha value is -0.410. The van der Waals surface area contributed by atoms with E-state index in [-0.39, 0.29) is 16.4 Å². The van der Waals surface area contributed by atoms with Crippen molar-refractivity contribution in [3.8, 4) is 5.40 Å². The highest BCUT2D eigenvalue weighted by molar-refractivity contribution is 7.64. The molecule has 5 heteroatoms. The molecule has 0 rings (SSSR count). The van der Waals surface area contributed by atoms with Crippen molar-refractivity contribution in [3.05, 3.63) is 0 Å². The Morgan fingerprint density at radius 1 is 1.17 bits per heavy atom. The summed E-state index contributed by atoms with van der Waals surface area (Å²) in [5.74, 6) is 0. The SMILES string of the molecule is N#C[S-].O.O.O. The zero-order valence-electron chi connectivity index (χ0n) is 2.86. The molecule has 0 fully saturated rings. The number of thiocyanates is 1. The molecule has 0 saturated heterocycles. The van der Waals surface area contributed by atoms with Gasteiger partial charge in [0.2, 0.25) is 0 Å². The molecule has 0 unspecified atom stereocenters. The molecule has 0 bridgehead atoms. The lowest BCUT2D eigenvalue weighted by Crippen LogP contribution is -1.15. The topological polar surface area (TPSA) is 118 Å². The van der Waals surface area contributed by atoms with Gasteiger partial charge in [-0.15, -0.1) is 0 Å². The van der Waals surface area contributed by atoms with Crippen molar-refractivity contribution >= 4 is 12.6 Å². The second-order valence-corrected chi connectivity index (χ2v) is 0.274. The number of rotatable bonds is 0. The maximum absolute atomic E-state index is 7.13. The lowest BCUT2D eigenvalue weighted by Gasteiger charge is -1.53. The minimum absolute atomic E-state index is 0. The Bertz CT molecular complexity index is 32.3. The lowest BCUT2D eigenvalue weighted by molar-refractivity contribution is 0.823. The first-order chi connectivity index (χ1) is 1.41. The fourth-order valence-electron chi connectivity index (χ4n) is 0. The quantitative estimate of drug-likeness (QED) is 0.255. The van der Waals surface area contributed by atoms with Crippen LogP contribution in [0.2, 0.25) is 0 Å². The van der Waals surface area contributed by atoms with E-state index in [9.17, 15) is 0 Å². The summed E-state index contributed by atoms with van der Waals surface area (Å²) < 4.78 is 0. The fourth-order valence-corrected chi connectivity index (χ4v) is 0. The minimum Gasteiger partial charge on any atom is -0.696 e. The molecule has 0 aliphatic rings. The molecule has 40 valence electrons. The van der Waals surface area contributed by atoms with Crippen LogP contribution in [0, 0.1) is 10.7 Å². The second kappa shape index (κ2) is 170. The van der Waals surface area contributed by atoms with E-state index in [1.54, 1.807) is 0 Å². The zero-order valence-corrected chi connectivity index (χ0v) is 3.67. The van der Waals surface area contributed by atoms with Crippen LogP contribution in [0.4, 0.5) is 0 Å². The van der Waals surface area contributed by atoms with E-state index in [4.69, 9.17) is 5.26 Å². The molecule has 0 atom stereocenters. The second-order valence-electron chi connectivity index (χ2n) is 0.0913. The van der Waals surface area contributed by atoms with Gasteiger partial charge in [0.15, 0.2) is 0 Å². The van der Waals surface area contributed by atoms with Crippen LogP contribution in [0.1, 0.15) is 0 Å². The van der Waals surface area contributed by atoms with Crippen molar-refractivity contribution in [2.45, 2.75) is 0 Å². The van der Waals surface area contributed by atoms with Crippen LogP contribution in [0.15, 0.2) is 0 Å². The van der Waals surface area contributed by atoms with E-state index in [1.165, 1.54) is 5.40 Å². The predicted molar refractivity (Wildman–Crippen MR) is 23.8 cm³/mol. The van der Waals surface area contributed by atoms with Gasteiger partial charge < -0.3 is 29.1 Å². The molecule has 0 aromatic carbocycles. The Morgan fingerprint density at radius 3 is 1.17 bits per heavy atom. The van der Waals surface area contributed by atoms with Crippen molar-refractivity contribution < 1.29 is 16.4 Å². The number of nitrogens with zero attached hydrogens (tertiary/aromatic N) is 1. The fraction of sp³-hybridized carbons (Fsp3) is 0. The summed E-state index contributed by atoms with van der Waals surface area (Å²) in [6.07, 6.45) is 0. The van der Waals surface area contributed by atoms with Gasteiger partial charge in [-0.2, -0.15) is 0 Å². The highest BCUT2D eigenvalue weighted by Gasteiger charge is 0.867. The zero-order chi connectivity index (χ0) is 2.71. The van der Waals surface area contributed by atoms with E-state index in [2.05, 4.69) is 12.6 Å². The molecular weight excluding hydrogens is 106 g/mol. The van der Waals surface area contributed by atoms with Crippen molar-refractivity contribution in [2.24, 2.45) is 0 Å². The van der Waals surface area contributed by atoms with Gasteiger partial charge in [-0.1, -0.05) is 5.40 Å². The first-order valence-electron chi connectivity index (χ1n) is 0.428. The van der Waals surface area contributed by atoms with Crippen LogP contribution in [0.3, 0.4) is 0 Å². The van der Waals surface area contributed by atoms with E-state index >= 15 is 0 Å². The molecule has 0 aliphatic carbocycles. The molecule has 0 aromatic heterocycles. The van der Waals surface area contributed by atoms with Gasteiger partial charge in [-0.25, -0.2) is 5.26 Å². The third-order valence-corrected chi connectivity index (χ3v) is 0. The highest BCUT2D eigenvalue weighted by Crippen LogP contribution is 1.16. The van der Waals surface area contributed by atoms with Crippen LogP contribution in [-0.2, 0) is 12.6 Å². The van der Waals surface area contributed by atoms with Gasteiger partial charge in [-0.05, 0) is 0 Å². The van der Waals surface area contributed by atoms with E-state index in [0.29, 0.717) is 0 Å². The lowest BCUT2D eigenvalue weighted by atomic mass is 11.8. The monoisotopic (exact) mass is 112 g/mol. The summed E-state index contributed by atoms with van der Waals surface area (Å²) in [4.78, 5) is 0. The van der Waals surface area contributed by atoms with Crippen molar-refractivity contribution in [2.75, 3.05) is 0 Å². The highest BCUT2D eigenvalue weighted by atomic mass is 32.1. The summed E-state index contributed by atoms with van der Waals surface area (Å²) in [5, 5.41) is 8.47. The van der Waals surface area contributed by atoms with Crippen molar-refractivity contribution in [1.82, 2.24) is 0 Å². The third kappa shape index (κ3) is 143. The van der Waals surface area contributed by atoms with Gasteiger partial charge >= 0.3 is 0 Å². The average Bonchev–Trinajstić information content (AvgIpc) is 0.918. The minimum atomic E-state index is 0. The molecule has 0 spiro atoms. The Labute approximate surface area is 40.7 Å². The summed E-state index contributed by atoms with van der Waals surface area (Å²) >= 11 is 3.70. The third-order valence-electron chi connectivity index (χ3n) is 0. The molecule has 0 amide bonds. The average molecular weight is 112 g/mol. The predicted octanol–water partition coefficient (Wildman–Crippen LogP) is -2.46. The molecule has 0 saturated carbocycles. The Balaban J connectivity index is -0.00000000667. The van der Waals surface area contributed by atoms with Crippen molar-refractivity contribution in [1.29, 1.82) is 5.26 Å². The maximum Gasteiger partial charge on any atom is -0.0797 e. The first-order valence-corrected chi connectivity index (χ1v) is 0.836. The van der Waals surface area contributed by atoms with Crippen LogP contribution in [0.25, 0.3) is 0 Å². The molecule has 4 nitrogen and oxygen atoms in total. The summed E-state index contributed by atoms with van der Waals surface area (Å²) in [6.45, 7) is 0. The molecule has 6 N–H and O–H groups in total. The standard InChI is InChI=1S/CHNS.3H2O/c2-1-3;;;/h3H;3*1H2/p-1. The normalized spacial score (nSPS) is 1.17. The van der Waals surface area contributed by atoms with E-state index in [1.807, 2.05) is 0 Å². The van der Waals surface area contributed by atoms with Gasteiger partial charge in [0.25, 0.3) is 0 Å². The molecule has 0 aromatic rings. The summed E-state index contributed by atoms with van der Waals surface area (Å²) in [7, 11) is 0. The van der Waals surface area contributed by atoms with Crippen LogP contribution < -0.4 is 0 Å². The van der Waals surface area contributed by atoms with Gasteiger partial charge in [0.1, 0.15) is 0 Å². The van der Waals surface area contributed by atoms with Crippen LogP contribution in [-0.4, -0.2) is 16.4 Å². The molecule has 6 heavy (non-hydrogen) atoms. The maximum atomic E-state index is 7.13. The Kier molecular flexibility index (Phi) is 1320. The van der Waals surface area contributed by atoms with Crippen LogP contribution in [0.5, 0.6) is 0 Å². The van der Waals surface area contributed by atoms with E-state index in [0.717, 1.165) is 0 Å². The number of hydrogen-bond donors (Lipinski definition) is 0. The van der Waals surface area contributed by atoms with Gasteiger partial charge in [0, 0.05) is 0 Å². The smallest absolute Gasteiger partial charge is 0.0797 e. The van der Waals surface area contributed by atoms with E-state index < -0.39 is 0 Å². The molecular formula is CH6NO3S-. The first kappa shape index (κ1) is 46.6. The van der Waals surface area contributed by atoms with Crippen molar-refractivity contribution in [3.63, 3.8) is 0 Å².